The Morgan fingerprint density at radius 1 is 1.73 bits per heavy atom. The first-order valence-electron chi connectivity index (χ1n) is 3.66. The fraction of sp³-hybridized carbons (Fsp3) is 0.571. The fourth-order valence-electron chi connectivity index (χ4n) is 0.405. The van der Waals surface area contributed by atoms with Gasteiger partial charge in [0.1, 0.15) is 0 Å². The van der Waals surface area contributed by atoms with Gasteiger partial charge in [-0.3, -0.25) is 7.05 Å². The molecule has 1 atom stereocenters. The van der Waals surface area contributed by atoms with Gasteiger partial charge < -0.3 is 23.2 Å². The molecule has 0 saturated heterocycles. The standard InChI is InChI=1S/C6H12NO.CH4N.W/c1-5(4-7)3-6(2)8;1-2;/h5H,2-4,7H2,1H3;1-2H2;/q2*-1;+2/i1D;;. The molecule has 0 amide bonds. The van der Waals surface area contributed by atoms with Gasteiger partial charge in [0.25, 0.3) is 0 Å². The second kappa shape index (κ2) is 12.8. The van der Waals surface area contributed by atoms with Gasteiger partial charge in [-0.05, 0) is 24.7 Å². The summed E-state index contributed by atoms with van der Waals surface area (Å²) in [5, 5.41) is 0. The quantitative estimate of drug-likeness (QED) is 0.722. The van der Waals surface area contributed by atoms with Crippen LogP contribution in [0.25, 0.3) is 0 Å². The number of carbonyl (C=O) groups excluding carboxylic acids is 1. The predicted molar refractivity (Wildman–Crippen MR) is 42.7 cm³/mol. The molecule has 4 N–H and O–H groups in total. The van der Waals surface area contributed by atoms with Crippen LogP contribution in [0.4, 0.5) is 0 Å². The Morgan fingerprint density at radius 3 is 2.27 bits per heavy atom. The van der Waals surface area contributed by atoms with Gasteiger partial charge in [-0.2, -0.15) is 0 Å². The van der Waals surface area contributed by atoms with Crippen LogP contribution in [0.2, 0.25) is 0 Å². The Morgan fingerprint density at radius 2 is 2.18 bits per heavy atom. The van der Waals surface area contributed by atoms with Gasteiger partial charge >= 0.3 is 21.1 Å². The van der Waals surface area contributed by atoms with E-state index in [2.05, 4.69) is 19.7 Å². The van der Waals surface area contributed by atoms with Crippen molar-refractivity contribution in [3.8, 4) is 0 Å². The van der Waals surface area contributed by atoms with E-state index in [0.717, 1.165) is 0 Å². The minimum Gasteiger partial charge on any atom is -0.486 e. The van der Waals surface area contributed by atoms with Crippen molar-refractivity contribution in [2.45, 2.75) is 13.3 Å². The molecular formula is C7H16N2OW. The zero-order valence-corrected chi connectivity index (χ0v) is 9.52. The van der Waals surface area contributed by atoms with E-state index in [9.17, 15) is 4.79 Å². The van der Waals surface area contributed by atoms with E-state index in [0.29, 0.717) is 13.0 Å². The fourth-order valence-corrected chi connectivity index (χ4v) is 0.405. The Labute approximate surface area is 84.6 Å². The van der Waals surface area contributed by atoms with Crippen LogP contribution in [0.1, 0.15) is 14.7 Å². The molecule has 0 fully saturated rings. The third-order valence-corrected chi connectivity index (χ3v) is 0.850. The van der Waals surface area contributed by atoms with Gasteiger partial charge in [-0.15, -0.1) is 0 Å². The second-order valence-electron chi connectivity index (χ2n) is 1.84. The van der Waals surface area contributed by atoms with Crippen LogP contribution in [0, 0.1) is 19.9 Å². The first kappa shape index (κ1) is 13.7. The summed E-state index contributed by atoms with van der Waals surface area (Å²) in [7, 11) is 2.75. The molecule has 11 heavy (non-hydrogen) atoms. The zero-order chi connectivity index (χ0) is 9.28. The van der Waals surface area contributed by atoms with Crippen LogP contribution >= 0.6 is 0 Å². The summed E-state index contributed by atoms with van der Waals surface area (Å²) >= 11 is 0. The first-order chi connectivity index (χ1) is 5.20. The first-order valence-corrected chi connectivity index (χ1v) is 2.95. The van der Waals surface area contributed by atoms with Crippen LogP contribution in [-0.4, -0.2) is 12.3 Å². The van der Waals surface area contributed by atoms with Crippen LogP contribution in [0.5, 0.6) is 0 Å². The molecule has 4 heteroatoms. The number of nitrogens with two attached hydrogens (primary N) is 2. The summed E-state index contributed by atoms with van der Waals surface area (Å²) < 4.78 is 6.89. The molecule has 0 bridgehead atoms. The van der Waals surface area contributed by atoms with Gasteiger partial charge in [0.2, 0.25) is 0 Å². The van der Waals surface area contributed by atoms with Gasteiger partial charge in [0, 0.05) is 1.37 Å². The zero-order valence-electron chi connectivity index (χ0n) is 7.58. The van der Waals surface area contributed by atoms with Crippen LogP contribution in [-0.2, 0) is 25.9 Å². The van der Waals surface area contributed by atoms with Crippen molar-refractivity contribution in [2.24, 2.45) is 17.4 Å². The molecule has 0 aliphatic carbocycles. The summed E-state index contributed by atoms with van der Waals surface area (Å²) in [6.07, 6.45) is 0.347. The summed E-state index contributed by atoms with van der Waals surface area (Å²) in [4.78, 5) is 10.3. The van der Waals surface area contributed by atoms with Crippen LogP contribution in [0.15, 0.2) is 0 Å². The summed E-state index contributed by atoms with van der Waals surface area (Å²) in [6, 6.07) is 0. The van der Waals surface area contributed by atoms with Gasteiger partial charge in [0.15, 0.2) is 0 Å². The van der Waals surface area contributed by atoms with E-state index in [1.54, 1.807) is 0 Å². The number of hydrogen-bond acceptors (Lipinski definition) is 3. The molecule has 0 radical (unpaired) electrons. The van der Waals surface area contributed by atoms with Crippen molar-refractivity contribution >= 4 is 5.78 Å². The summed E-state index contributed by atoms with van der Waals surface area (Å²) in [5.41, 5.74) is 9.48. The van der Waals surface area contributed by atoms with Crippen molar-refractivity contribution in [3.05, 3.63) is 14.0 Å². The largest absolute Gasteiger partial charge is 2.00 e. The number of hydrogen-bond donors (Lipinski definition) is 2. The van der Waals surface area contributed by atoms with E-state index < -0.39 is 0 Å². The van der Waals surface area contributed by atoms with Crippen molar-refractivity contribution in [1.29, 1.82) is 0 Å². The van der Waals surface area contributed by atoms with E-state index in [-0.39, 0.29) is 39.7 Å². The molecule has 0 rings (SSSR count). The third-order valence-electron chi connectivity index (χ3n) is 0.850. The van der Waals surface area contributed by atoms with Crippen LogP contribution < -0.4 is 11.5 Å². The van der Waals surface area contributed by atoms with Crippen molar-refractivity contribution in [1.82, 2.24) is 0 Å². The molecule has 0 aliphatic heterocycles. The molecule has 0 saturated carbocycles. The monoisotopic (exact) mass is 329 g/mol. The smallest absolute Gasteiger partial charge is 0.486 e. The number of Topliss-reactive ketones (excluding diaryl/α,β-unsaturated/α-hetero) is 1. The third kappa shape index (κ3) is 17.8. The van der Waals surface area contributed by atoms with Crippen molar-refractivity contribution in [3.63, 3.8) is 0 Å². The molecule has 0 spiro atoms. The molecule has 0 aromatic heterocycles. The van der Waals surface area contributed by atoms with Crippen molar-refractivity contribution < 1.29 is 27.2 Å². The molecule has 0 aromatic rings. The minimum absolute atomic E-state index is 0. The topological polar surface area (TPSA) is 69.1 Å². The minimum atomic E-state index is -0.127. The maximum Gasteiger partial charge on any atom is 2.00 e. The van der Waals surface area contributed by atoms with Gasteiger partial charge in [-0.25, -0.2) is 0 Å². The molecule has 1 unspecified atom stereocenters. The molecule has 0 aliphatic rings. The molecule has 0 aromatic carbocycles. The summed E-state index contributed by atoms with van der Waals surface area (Å²) in [5.74, 6) is -0.118. The van der Waals surface area contributed by atoms with E-state index in [4.69, 9.17) is 7.10 Å². The normalized spacial score (nSPS) is 11.4. The molecule has 3 nitrogen and oxygen atoms in total. The molecule has 66 valence electrons. The second-order valence-corrected chi connectivity index (χ2v) is 1.84. The number of ketones is 1. The van der Waals surface area contributed by atoms with E-state index in [1.807, 2.05) is 0 Å². The molecular weight excluding hydrogens is 312 g/mol. The van der Waals surface area contributed by atoms with Crippen molar-refractivity contribution in [2.75, 3.05) is 6.54 Å². The van der Waals surface area contributed by atoms with Crippen LogP contribution in [0.3, 0.4) is 0 Å². The number of carbonyl (C=O) groups is 1. The predicted octanol–water partition coefficient (Wildman–Crippen LogP) is 0.109. The Balaban J connectivity index is -0.000000249. The molecule has 0 heterocycles. The van der Waals surface area contributed by atoms with Gasteiger partial charge in [0.05, 0.1) is 0 Å². The number of rotatable bonds is 3. The average molecular weight is 329 g/mol. The summed E-state index contributed by atoms with van der Waals surface area (Å²) in [6.45, 7) is 3.82. The van der Waals surface area contributed by atoms with E-state index >= 15 is 0 Å². The SMILES string of the molecule is [2H]CC(CN)CC([CH2-])=O.[CH2-]N.[W+2]. The average Bonchev–Trinajstić information content (AvgIpc) is 2.03. The Bertz CT molecular complexity index is 99.4. The maximum atomic E-state index is 10.3. The Kier molecular flexibility index (Phi) is 16.0. The Hall–Kier alpha value is 0.148. The van der Waals surface area contributed by atoms with Gasteiger partial charge in [-0.1, -0.05) is 6.90 Å². The maximum absolute atomic E-state index is 10.3. The van der Waals surface area contributed by atoms with E-state index in [1.165, 1.54) is 0 Å².